The lowest BCUT2D eigenvalue weighted by atomic mass is 11.8. The molecule has 12 heavy (non-hydrogen) atoms. The van der Waals surface area contributed by atoms with E-state index in [1.165, 1.54) is 28.4 Å². The molecule has 0 heterocycles. The second-order valence-electron chi connectivity index (χ2n) is 1.81. The molecule has 0 saturated heterocycles. The van der Waals surface area contributed by atoms with Crippen LogP contribution in [-0.2, 0) is 19.9 Å². The van der Waals surface area contributed by atoms with E-state index in [2.05, 4.69) is 8.85 Å². The van der Waals surface area contributed by atoms with E-state index in [-0.39, 0.29) is 0 Å². The molecule has 0 aromatic heterocycles. The van der Waals surface area contributed by atoms with E-state index >= 15 is 0 Å². The molecule has 1 N–H and O–H groups in total. The summed E-state index contributed by atoms with van der Waals surface area (Å²) in [6.45, 7) is 0. The van der Waals surface area contributed by atoms with Crippen LogP contribution in [0.2, 0.25) is 0 Å². The molecular formula is C4H13AlO6Si. The number of hydrogen-bond acceptors (Lipinski definition) is 6. The Hall–Kier alpha value is 0.509. The lowest BCUT2D eigenvalue weighted by Gasteiger charge is -2.20. The largest absolute Gasteiger partial charge is 0.898 e. The summed E-state index contributed by atoms with van der Waals surface area (Å²) in [7, 11) is 1.97. The first-order valence-corrected chi connectivity index (χ1v) is 6.26. The van der Waals surface area contributed by atoms with Crippen molar-refractivity contribution in [3.63, 3.8) is 0 Å². The van der Waals surface area contributed by atoms with Gasteiger partial charge >= 0.3 is 24.2 Å². The van der Waals surface area contributed by atoms with Crippen molar-refractivity contribution in [1.82, 2.24) is 0 Å². The van der Waals surface area contributed by atoms with Gasteiger partial charge in [0.25, 0.3) is 0 Å². The first-order valence-electron chi connectivity index (χ1n) is 3.18. The summed E-state index contributed by atoms with van der Waals surface area (Å²) in [4.78, 5) is 9.41. The van der Waals surface area contributed by atoms with E-state index in [0.717, 1.165) is 0 Å². The SMILES string of the molecule is C[O][Al]([O]C)[O][Si](O)(OC)OC. The van der Waals surface area contributed by atoms with Crippen molar-refractivity contribution in [3.8, 4) is 0 Å². The maximum atomic E-state index is 9.41. The second-order valence-corrected chi connectivity index (χ2v) is 6.14. The van der Waals surface area contributed by atoms with Gasteiger partial charge < -0.3 is 24.7 Å². The quantitative estimate of drug-likeness (QED) is 0.570. The van der Waals surface area contributed by atoms with Crippen molar-refractivity contribution in [2.24, 2.45) is 0 Å². The minimum absolute atomic E-state index is 1.30. The summed E-state index contributed by atoms with van der Waals surface area (Å²) < 4.78 is 23.9. The average Bonchev–Trinajstić information content (AvgIpc) is 2.14. The summed E-state index contributed by atoms with van der Waals surface area (Å²) >= 11 is -2.29. The average molecular weight is 212 g/mol. The Morgan fingerprint density at radius 1 is 1.00 bits per heavy atom. The summed E-state index contributed by atoms with van der Waals surface area (Å²) in [6.07, 6.45) is 0. The zero-order chi connectivity index (χ0) is 9.61. The Bertz CT molecular complexity index is 116. The Balaban J connectivity index is 3.99. The Morgan fingerprint density at radius 3 is 1.67 bits per heavy atom. The number of rotatable bonds is 6. The molecule has 72 valence electrons. The first kappa shape index (κ1) is 12.5. The van der Waals surface area contributed by atoms with Crippen LogP contribution >= 0.6 is 0 Å². The molecule has 0 atom stereocenters. The third-order valence-electron chi connectivity index (χ3n) is 1.15. The molecule has 0 aliphatic rings. The molecule has 0 aliphatic carbocycles. The van der Waals surface area contributed by atoms with Crippen molar-refractivity contribution in [3.05, 3.63) is 0 Å². The Morgan fingerprint density at radius 2 is 1.42 bits per heavy atom. The van der Waals surface area contributed by atoms with Crippen molar-refractivity contribution in [2.75, 3.05) is 28.4 Å². The van der Waals surface area contributed by atoms with Crippen LogP contribution in [0.3, 0.4) is 0 Å². The van der Waals surface area contributed by atoms with E-state index in [1.54, 1.807) is 0 Å². The van der Waals surface area contributed by atoms with Crippen molar-refractivity contribution in [2.45, 2.75) is 0 Å². The van der Waals surface area contributed by atoms with Gasteiger partial charge in [-0.2, -0.15) is 0 Å². The van der Waals surface area contributed by atoms with Crippen LogP contribution in [0.1, 0.15) is 0 Å². The third kappa shape index (κ3) is 3.95. The van der Waals surface area contributed by atoms with Crippen LogP contribution in [0, 0.1) is 0 Å². The summed E-state index contributed by atoms with van der Waals surface area (Å²) in [5, 5.41) is 0. The molecule has 0 bridgehead atoms. The molecule has 0 fully saturated rings. The van der Waals surface area contributed by atoms with Gasteiger partial charge in [-0.15, -0.1) is 0 Å². The highest BCUT2D eigenvalue weighted by atomic mass is 28.4. The minimum atomic E-state index is -3.49. The maximum absolute atomic E-state index is 9.41. The van der Waals surface area contributed by atoms with Gasteiger partial charge in [-0.3, -0.25) is 0 Å². The topological polar surface area (TPSA) is 66.4 Å². The summed E-state index contributed by atoms with van der Waals surface area (Å²) in [6, 6.07) is 0. The van der Waals surface area contributed by atoms with E-state index < -0.39 is 24.2 Å². The normalized spacial score (nSPS) is 11.8. The zero-order valence-corrected chi connectivity index (χ0v) is 9.72. The number of hydrogen-bond donors (Lipinski definition) is 1. The molecule has 6 nitrogen and oxygen atoms in total. The summed E-state index contributed by atoms with van der Waals surface area (Å²) in [5.41, 5.74) is 0. The minimum Gasteiger partial charge on any atom is -0.457 e. The standard InChI is InChI=1S/C2H7O4Si.2CH3O.Al/c1-5-7(3,4)6-2;2*1-2;/h3H,1-2H3;2*1H3;/q3*-1;+3. The highest BCUT2D eigenvalue weighted by Crippen LogP contribution is 2.04. The molecule has 0 radical (unpaired) electrons. The van der Waals surface area contributed by atoms with Crippen molar-refractivity contribution < 1.29 is 24.7 Å². The summed E-state index contributed by atoms with van der Waals surface area (Å²) in [5.74, 6) is 0. The first-order chi connectivity index (χ1) is 5.61. The van der Waals surface area contributed by atoms with Gasteiger partial charge in [0.05, 0.1) is 0 Å². The van der Waals surface area contributed by atoms with Crippen molar-refractivity contribution in [1.29, 1.82) is 0 Å². The Kier molecular flexibility index (Phi) is 6.29. The lowest BCUT2D eigenvalue weighted by molar-refractivity contribution is 0.0435. The second kappa shape index (κ2) is 6.04. The zero-order valence-electron chi connectivity index (χ0n) is 7.57. The maximum Gasteiger partial charge on any atom is 0.898 e. The molecule has 0 aliphatic heterocycles. The predicted octanol–water partition coefficient (Wildman–Crippen LogP) is -0.999. The predicted molar refractivity (Wildman–Crippen MR) is 42.8 cm³/mol. The third-order valence-corrected chi connectivity index (χ3v) is 4.91. The van der Waals surface area contributed by atoms with E-state index in [9.17, 15) is 4.80 Å². The van der Waals surface area contributed by atoms with Gasteiger partial charge in [-0.1, -0.05) is 0 Å². The fourth-order valence-corrected chi connectivity index (χ4v) is 3.37. The fourth-order valence-electron chi connectivity index (χ4n) is 0.494. The van der Waals surface area contributed by atoms with Crippen LogP contribution in [-0.4, -0.2) is 57.4 Å². The smallest absolute Gasteiger partial charge is 0.457 e. The van der Waals surface area contributed by atoms with E-state index in [1.807, 2.05) is 0 Å². The van der Waals surface area contributed by atoms with Gasteiger partial charge in [-0.05, 0) is 0 Å². The fraction of sp³-hybridized carbons (Fsp3) is 1.00. The lowest BCUT2D eigenvalue weighted by Crippen LogP contribution is -2.49. The van der Waals surface area contributed by atoms with Crippen LogP contribution < -0.4 is 0 Å². The molecule has 0 rings (SSSR count). The van der Waals surface area contributed by atoms with Crippen LogP contribution in [0.5, 0.6) is 0 Å². The van der Waals surface area contributed by atoms with Gasteiger partial charge in [-0.25, -0.2) is 0 Å². The van der Waals surface area contributed by atoms with Crippen LogP contribution in [0.4, 0.5) is 0 Å². The van der Waals surface area contributed by atoms with Gasteiger partial charge in [0.15, 0.2) is 0 Å². The van der Waals surface area contributed by atoms with Crippen LogP contribution in [0.25, 0.3) is 0 Å². The van der Waals surface area contributed by atoms with E-state index in [4.69, 9.17) is 11.1 Å². The molecule has 0 aromatic carbocycles. The molecule has 0 amide bonds. The Labute approximate surface area is 77.8 Å². The van der Waals surface area contributed by atoms with Gasteiger partial charge in [0.2, 0.25) is 0 Å². The molecule has 0 aromatic rings. The molecule has 0 saturated carbocycles. The van der Waals surface area contributed by atoms with Crippen molar-refractivity contribution >= 4 is 24.2 Å². The highest BCUT2D eigenvalue weighted by Gasteiger charge is 2.47. The monoisotopic (exact) mass is 212 g/mol. The van der Waals surface area contributed by atoms with Gasteiger partial charge in [0.1, 0.15) is 0 Å². The van der Waals surface area contributed by atoms with E-state index in [0.29, 0.717) is 0 Å². The van der Waals surface area contributed by atoms with Gasteiger partial charge in [0, 0.05) is 28.4 Å². The molecule has 0 unspecified atom stereocenters. The van der Waals surface area contributed by atoms with Crippen LogP contribution in [0.15, 0.2) is 0 Å². The molecule has 0 spiro atoms. The molecule has 8 heteroatoms. The highest BCUT2D eigenvalue weighted by molar-refractivity contribution is 6.61. The molecular weight excluding hydrogens is 199 g/mol.